The summed E-state index contributed by atoms with van der Waals surface area (Å²) in [5.41, 5.74) is 1.22. The van der Waals surface area contributed by atoms with Gasteiger partial charge in [-0.15, -0.1) is 0 Å². The van der Waals surface area contributed by atoms with E-state index in [2.05, 4.69) is 22.3 Å². The maximum absolute atomic E-state index is 12.0. The van der Waals surface area contributed by atoms with Crippen LogP contribution < -0.4 is 14.8 Å². The van der Waals surface area contributed by atoms with Gasteiger partial charge in [0.05, 0.1) is 19.8 Å². The Kier molecular flexibility index (Phi) is 7.70. The Hall–Kier alpha value is -2.57. The largest absolute Gasteiger partial charge is 0.497 e. The van der Waals surface area contributed by atoms with Gasteiger partial charge in [0.2, 0.25) is 0 Å². The number of ether oxygens (including phenoxy) is 3. The molecule has 2 aromatic rings. The number of hydrogen-bond donors (Lipinski definition) is 1. The highest BCUT2D eigenvalue weighted by Gasteiger charge is 2.21. The van der Waals surface area contributed by atoms with Gasteiger partial charge >= 0.3 is 0 Å². The van der Waals surface area contributed by atoms with Gasteiger partial charge in [-0.2, -0.15) is 0 Å². The molecule has 0 aliphatic carbocycles. The summed E-state index contributed by atoms with van der Waals surface area (Å²) in [4.78, 5) is 14.3. The second-order valence-corrected chi connectivity index (χ2v) is 6.74. The van der Waals surface area contributed by atoms with Crippen LogP contribution in [0.15, 0.2) is 54.6 Å². The van der Waals surface area contributed by atoms with Gasteiger partial charge in [0.15, 0.2) is 6.61 Å². The molecule has 1 fully saturated rings. The zero-order valence-corrected chi connectivity index (χ0v) is 16.3. The number of morpholine rings is 1. The first-order chi connectivity index (χ1) is 13.7. The first kappa shape index (κ1) is 20.2. The van der Waals surface area contributed by atoms with Crippen LogP contribution in [0.5, 0.6) is 11.5 Å². The van der Waals surface area contributed by atoms with Crippen LogP contribution in [-0.4, -0.2) is 57.3 Å². The van der Waals surface area contributed by atoms with Crippen molar-refractivity contribution in [1.29, 1.82) is 0 Å². The second-order valence-electron chi connectivity index (χ2n) is 6.74. The van der Waals surface area contributed by atoms with E-state index in [4.69, 9.17) is 14.2 Å². The number of benzene rings is 2. The van der Waals surface area contributed by atoms with Crippen LogP contribution in [0, 0.1) is 0 Å². The lowest BCUT2D eigenvalue weighted by Gasteiger charge is -2.33. The van der Waals surface area contributed by atoms with Crippen molar-refractivity contribution in [1.82, 2.24) is 10.2 Å². The van der Waals surface area contributed by atoms with E-state index in [0.717, 1.165) is 32.7 Å². The number of nitrogens with zero attached hydrogens (tertiary/aromatic N) is 1. The minimum atomic E-state index is -0.119. The molecule has 1 atom stereocenters. The fourth-order valence-electron chi connectivity index (χ4n) is 3.20. The summed E-state index contributed by atoms with van der Waals surface area (Å²) in [6, 6.07) is 17.5. The Balaban J connectivity index is 1.32. The van der Waals surface area contributed by atoms with Gasteiger partial charge in [0.1, 0.15) is 11.5 Å². The van der Waals surface area contributed by atoms with E-state index in [0.29, 0.717) is 18.0 Å². The zero-order chi connectivity index (χ0) is 19.6. The summed E-state index contributed by atoms with van der Waals surface area (Å²) in [5.74, 6) is 1.21. The quantitative estimate of drug-likeness (QED) is 0.674. The van der Waals surface area contributed by atoms with E-state index in [1.807, 2.05) is 30.3 Å². The Labute approximate surface area is 166 Å². The first-order valence-corrected chi connectivity index (χ1v) is 9.67. The molecule has 0 radical (unpaired) electrons. The van der Waals surface area contributed by atoms with Crippen molar-refractivity contribution in [2.24, 2.45) is 0 Å². The number of carbonyl (C=O) groups is 1. The summed E-state index contributed by atoms with van der Waals surface area (Å²) in [7, 11) is 1.60. The van der Waals surface area contributed by atoms with E-state index in [1.165, 1.54) is 5.56 Å². The molecule has 1 heterocycles. The molecule has 0 saturated carbocycles. The highest BCUT2D eigenvalue weighted by Crippen LogP contribution is 2.22. The van der Waals surface area contributed by atoms with Crippen LogP contribution in [0.25, 0.3) is 0 Å². The van der Waals surface area contributed by atoms with E-state index in [1.54, 1.807) is 19.2 Å². The maximum atomic E-state index is 12.0. The zero-order valence-electron chi connectivity index (χ0n) is 16.3. The standard InChI is InChI=1S/C22H28N2O4/c1-26-19-9-5-10-20(15-19)28-17-22(25)23-11-6-12-24-13-14-27-21(16-24)18-7-3-2-4-8-18/h2-5,7-10,15,21H,6,11-14,16-17H2,1H3,(H,23,25)/t21-/m1/s1. The van der Waals surface area contributed by atoms with Crippen LogP contribution in [0.2, 0.25) is 0 Å². The summed E-state index contributed by atoms with van der Waals surface area (Å²) in [6.45, 7) is 4.12. The topological polar surface area (TPSA) is 60.0 Å². The van der Waals surface area contributed by atoms with E-state index in [-0.39, 0.29) is 18.6 Å². The van der Waals surface area contributed by atoms with Crippen LogP contribution in [0.4, 0.5) is 0 Å². The van der Waals surface area contributed by atoms with Gasteiger partial charge in [0.25, 0.3) is 5.91 Å². The molecule has 150 valence electrons. The van der Waals surface area contributed by atoms with Crippen LogP contribution in [-0.2, 0) is 9.53 Å². The van der Waals surface area contributed by atoms with E-state index < -0.39 is 0 Å². The molecule has 1 N–H and O–H groups in total. The monoisotopic (exact) mass is 384 g/mol. The molecule has 2 aromatic carbocycles. The van der Waals surface area contributed by atoms with Crippen molar-refractivity contribution >= 4 is 5.91 Å². The van der Waals surface area contributed by atoms with Gasteiger partial charge in [-0.1, -0.05) is 36.4 Å². The lowest BCUT2D eigenvalue weighted by Crippen LogP contribution is -2.40. The number of rotatable bonds is 9. The van der Waals surface area contributed by atoms with Crippen molar-refractivity contribution in [3.8, 4) is 11.5 Å². The number of amides is 1. The fourth-order valence-corrected chi connectivity index (χ4v) is 3.20. The highest BCUT2D eigenvalue weighted by atomic mass is 16.5. The third-order valence-electron chi connectivity index (χ3n) is 4.71. The smallest absolute Gasteiger partial charge is 0.257 e. The summed E-state index contributed by atoms with van der Waals surface area (Å²) in [5, 5.41) is 2.91. The summed E-state index contributed by atoms with van der Waals surface area (Å²) in [6.07, 6.45) is 1.02. The van der Waals surface area contributed by atoms with Crippen LogP contribution in [0.3, 0.4) is 0 Å². The molecule has 0 unspecified atom stereocenters. The van der Waals surface area contributed by atoms with Crippen molar-refractivity contribution in [2.75, 3.05) is 46.5 Å². The molecule has 1 aliphatic rings. The average molecular weight is 384 g/mol. The Morgan fingerprint density at radius 2 is 2.00 bits per heavy atom. The maximum Gasteiger partial charge on any atom is 0.257 e. The van der Waals surface area contributed by atoms with Gasteiger partial charge in [-0.05, 0) is 24.1 Å². The Bertz CT molecular complexity index is 738. The predicted octanol–water partition coefficient (Wildman–Crippen LogP) is 2.65. The SMILES string of the molecule is COc1cccc(OCC(=O)NCCCN2CCO[C@@H](c3ccccc3)C2)c1. The van der Waals surface area contributed by atoms with Crippen molar-refractivity contribution < 1.29 is 19.0 Å². The molecule has 0 spiro atoms. The second kappa shape index (κ2) is 10.7. The van der Waals surface area contributed by atoms with E-state index in [9.17, 15) is 4.79 Å². The Morgan fingerprint density at radius 1 is 1.18 bits per heavy atom. The molecule has 1 saturated heterocycles. The lowest BCUT2D eigenvalue weighted by atomic mass is 10.1. The predicted molar refractivity (Wildman–Crippen MR) is 108 cm³/mol. The number of hydrogen-bond acceptors (Lipinski definition) is 5. The van der Waals surface area contributed by atoms with Crippen LogP contribution in [0.1, 0.15) is 18.1 Å². The summed E-state index contributed by atoms with van der Waals surface area (Å²) >= 11 is 0. The molecule has 1 amide bonds. The average Bonchev–Trinajstić information content (AvgIpc) is 2.76. The third-order valence-corrected chi connectivity index (χ3v) is 4.71. The molecule has 6 nitrogen and oxygen atoms in total. The molecular weight excluding hydrogens is 356 g/mol. The molecule has 1 aliphatic heterocycles. The van der Waals surface area contributed by atoms with Gasteiger partial charge < -0.3 is 19.5 Å². The third kappa shape index (κ3) is 6.25. The minimum absolute atomic E-state index is 0.000797. The number of carbonyl (C=O) groups excluding carboxylic acids is 1. The molecule has 6 heteroatoms. The number of methoxy groups -OCH3 is 1. The number of nitrogens with one attached hydrogen (secondary N) is 1. The summed E-state index contributed by atoms with van der Waals surface area (Å²) < 4.78 is 16.5. The molecule has 3 rings (SSSR count). The lowest BCUT2D eigenvalue weighted by molar-refractivity contribution is -0.123. The van der Waals surface area contributed by atoms with Crippen molar-refractivity contribution in [2.45, 2.75) is 12.5 Å². The van der Waals surface area contributed by atoms with Gasteiger partial charge in [0, 0.05) is 32.2 Å². The molecule has 28 heavy (non-hydrogen) atoms. The minimum Gasteiger partial charge on any atom is -0.497 e. The normalized spacial score (nSPS) is 17.1. The Morgan fingerprint density at radius 3 is 2.82 bits per heavy atom. The van der Waals surface area contributed by atoms with Gasteiger partial charge in [-0.25, -0.2) is 0 Å². The fraction of sp³-hybridized carbons (Fsp3) is 0.409. The molecule has 0 aromatic heterocycles. The van der Waals surface area contributed by atoms with Crippen molar-refractivity contribution in [3.63, 3.8) is 0 Å². The molecular formula is C22H28N2O4. The van der Waals surface area contributed by atoms with Crippen LogP contribution >= 0.6 is 0 Å². The van der Waals surface area contributed by atoms with Gasteiger partial charge in [-0.3, -0.25) is 9.69 Å². The highest BCUT2D eigenvalue weighted by molar-refractivity contribution is 5.77. The van der Waals surface area contributed by atoms with E-state index >= 15 is 0 Å². The molecule has 0 bridgehead atoms. The first-order valence-electron chi connectivity index (χ1n) is 9.67. The van der Waals surface area contributed by atoms with Crippen molar-refractivity contribution in [3.05, 3.63) is 60.2 Å².